The number of aliphatic hydroxyl groups is 1. The van der Waals surface area contributed by atoms with E-state index >= 15 is 0 Å². The van der Waals surface area contributed by atoms with Gasteiger partial charge in [0.15, 0.2) is 0 Å². The smallest absolute Gasteiger partial charge is 0.142 e. The van der Waals surface area contributed by atoms with Gasteiger partial charge in [-0.3, -0.25) is 0 Å². The van der Waals surface area contributed by atoms with E-state index < -0.39 is 11.9 Å². The summed E-state index contributed by atoms with van der Waals surface area (Å²) in [6.07, 6.45) is -0.268. The molecule has 0 amide bonds. The largest absolute Gasteiger partial charge is 0.388 e. The highest BCUT2D eigenvalue weighted by molar-refractivity contribution is 9.10. The van der Waals surface area contributed by atoms with E-state index in [0.29, 0.717) is 12.0 Å². The molecule has 0 aliphatic heterocycles. The fourth-order valence-electron chi connectivity index (χ4n) is 1.48. The van der Waals surface area contributed by atoms with Gasteiger partial charge in [-0.1, -0.05) is 17.7 Å². The van der Waals surface area contributed by atoms with E-state index in [2.05, 4.69) is 15.9 Å². The Morgan fingerprint density at radius 2 is 2.18 bits per heavy atom. The highest BCUT2D eigenvalue weighted by atomic mass is 79.9. The third-order valence-electron chi connectivity index (χ3n) is 2.40. The van der Waals surface area contributed by atoms with Gasteiger partial charge in [-0.05, 0) is 45.1 Å². The van der Waals surface area contributed by atoms with Crippen LogP contribution in [0.2, 0.25) is 5.02 Å². The molecule has 17 heavy (non-hydrogen) atoms. The van der Waals surface area contributed by atoms with Crippen LogP contribution in [0.4, 0.5) is 4.39 Å². The van der Waals surface area contributed by atoms with Gasteiger partial charge in [0.25, 0.3) is 0 Å². The predicted octanol–water partition coefficient (Wildman–Crippen LogP) is 4.58. The van der Waals surface area contributed by atoms with Gasteiger partial charge in [-0.2, -0.15) is 0 Å². The molecule has 0 bridgehead atoms. The summed E-state index contributed by atoms with van der Waals surface area (Å²) >= 11 is 10.5. The molecule has 0 saturated carbocycles. The van der Waals surface area contributed by atoms with Gasteiger partial charge < -0.3 is 5.11 Å². The van der Waals surface area contributed by atoms with Gasteiger partial charge in [0.1, 0.15) is 5.82 Å². The zero-order chi connectivity index (χ0) is 12.4. The lowest BCUT2D eigenvalue weighted by molar-refractivity contribution is 0.179. The second kappa shape index (κ2) is 5.48. The normalized spacial score (nSPS) is 12.7. The van der Waals surface area contributed by atoms with Crippen LogP contribution in [0.1, 0.15) is 16.5 Å². The van der Waals surface area contributed by atoms with E-state index in [-0.39, 0.29) is 5.02 Å². The number of thiophene rings is 1. The first-order valence-corrected chi connectivity index (χ1v) is 6.98. The van der Waals surface area contributed by atoms with Crippen molar-refractivity contribution in [3.05, 3.63) is 55.4 Å². The Bertz CT molecular complexity index is 529. The minimum absolute atomic E-state index is 0.0678. The predicted molar refractivity (Wildman–Crippen MR) is 72.1 cm³/mol. The first-order valence-electron chi connectivity index (χ1n) is 4.93. The average Bonchev–Trinajstić information content (AvgIpc) is 2.68. The summed E-state index contributed by atoms with van der Waals surface area (Å²) in [6.45, 7) is 0. The molecule has 0 aliphatic carbocycles. The first kappa shape index (κ1) is 13.0. The van der Waals surface area contributed by atoms with Crippen LogP contribution in [-0.4, -0.2) is 5.11 Å². The third-order valence-corrected chi connectivity index (χ3v) is 4.65. The fourth-order valence-corrected chi connectivity index (χ4v) is 3.15. The summed E-state index contributed by atoms with van der Waals surface area (Å²) in [6, 6.07) is 6.29. The molecule has 0 spiro atoms. The molecule has 0 saturated heterocycles. The SMILES string of the molecule is OC(Cc1sccc1Br)c1ccc(Cl)c(F)c1. The topological polar surface area (TPSA) is 20.2 Å². The van der Waals surface area contributed by atoms with Crippen molar-refractivity contribution in [1.82, 2.24) is 0 Å². The number of rotatable bonds is 3. The molecule has 1 aromatic carbocycles. The molecule has 0 radical (unpaired) electrons. The van der Waals surface area contributed by atoms with Crippen LogP contribution in [0.3, 0.4) is 0 Å². The van der Waals surface area contributed by atoms with Gasteiger partial charge in [-0.25, -0.2) is 4.39 Å². The van der Waals surface area contributed by atoms with Crippen molar-refractivity contribution in [2.24, 2.45) is 0 Å². The second-order valence-electron chi connectivity index (χ2n) is 3.59. The molecule has 1 aromatic heterocycles. The highest BCUT2D eigenvalue weighted by Gasteiger charge is 2.13. The molecule has 1 heterocycles. The van der Waals surface area contributed by atoms with Crippen molar-refractivity contribution in [3.63, 3.8) is 0 Å². The third kappa shape index (κ3) is 3.07. The van der Waals surface area contributed by atoms with Crippen molar-refractivity contribution in [2.75, 3.05) is 0 Å². The standard InChI is InChI=1S/C12H9BrClFOS/c13-8-3-4-17-12(8)6-11(16)7-1-2-9(14)10(15)5-7/h1-5,11,16H,6H2. The molecular weight excluding hydrogens is 327 g/mol. The van der Waals surface area contributed by atoms with E-state index in [1.165, 1.54) is 12.1 Å². The fraction of sp³-hybridized carbons (Fsp3) is 0.167. The summed E-state index contributed by atoms with van der Waals surface area (Å²) in [4.78, 5) is 1.04. The van der Waals surface area contributed by atoms with Crippen molar-refractivity contribution < 1.29 is 9.50 Å². The van der Waals surface area contributed by atoms with E-state index in [4.69, 9.17) is 11.6 Å². The summed E-state index contributed by atoms with van der Waals surface area (Å²) in [5.41, 5.74) is 0.534. The lowest BCUT2D eigenvalue weighted by Crippen LogP contribution is -2.01. The molecule has 1 atom stereocenters. The highest BCUT2D eigenvalue weighted by Crippen LogP contribution is 2.29. The zero-order valence-corrected chi connectivity index (χ0v) is 11.8. The Morgan fingerprint density at radius 1 is 1.41 bits per heavy atom. The van der Waals surface area contributed by atoms with Crippen LogP contribution in [0, 0.1) is 5.82 Å². The Labute approximate surface area is 116 Å². The molecule has 5 heteroatoms. The summed E-state index contributed by atoms with van der Waals surface area (Å²) in [7, 11) is 0. The van der Waals surface area contributed by atoms with Crippen molar-refractivity contribution in [3.8, 4) is 0 Å². The lowest BCUT2D eigenvalue weighted by Gasteiger charge is -2.10. The van der Waals surface area contributed by atoms with Crippen LogP contribution < -0.4 is 0 Å². The van der Waals surface area contributed by atoms with Gasteiger partial charge >= 0.3 is 0 Å². The van der Waals surface area contributed by atoms with E-state index in [1.54, 1.807) is 17.4 Å². The van der Waals surface area contributed by atoms with Gasteiger partial charge in [-0.15, -0.1) is 11.3 Å². The van der Waals surface area contributed by atoms with Gasteiger partial charge in [0, 0.05) is 15.8 Å². The van der Waals surface area contributed by atoms with Gasteiger partial charge in [0.2, 0.25) is 0 Å². The molecule has 1 N–H and O–H groups in total. The second-order valence-corrected chi connectivity index (χ2v) is 5.85. The Morgan fingerprint density at radius 3 is 2.76 bits per heavy atom. The molecular formula is C12H9BrClFOS. The number of hydrogen-bond acceptors (Lipinski definition) is 2. The molecule has 2 aromatic rings. The van der Waals surface area contributed by atoms with Crippen molar-refractivity contribution in [2.45, 2.75) is 12.5 Å². The monoisotopic (exact) mass is 334 g/mol. The Balaban J connectivity index is 2.17. The van der Waals surface area contributed by atoms with E-state index in [0.717, 1.165) is 9.35 Å². The van der Waals surface area contributed by atoms with Crippen LogP contribution in [0.15, 0.2) is 34.1 Å². The molecule has 90 valence electrons. The number of halogens is 3. The van der Waals surface area contributed by atoms with Crippen LogP contribution in [0.5, 0.6) is 0 Å². The van der Waals surface area contributed by atoms with Crippen molar-refractivity contribution in [1.29, 1.82) is 0 Å². The summed E-state index contributed by atoms with van der Waals surface area (Å²) < 4.78 is 14.2. The van der Waals surface area contributed by atoms with E-state index in [1.807, 2.05) is 11.4 Å². The Kier molecular flexibility index (Phi) is 4.20. The summed E-state index contributed by atoms with van der Waals surface area (Å²) in [5.74, 6) is -0.506. The number of hydrogen-bond donors (Lipinski definition) is 1. The average molecular weight is 336 g/mol. The first-order chi connectivity index (χ1) is 8.08. The van der Waals surface area contributed by atoms with Crippen LogP contribution in [0.25, 0.3) is 0 Å². The van der Waals surface area contributed by atoms with Crippen LogP contribution >= 0.6 is 38.9 Å². The minimum atomic E-state index is -0.725. The molecule has 2 rings (SSSR count). The maximum atomic E-state index is 13.2. The Hall–Kier alpha value is -0.420. The quantitative estimate of drug-likeness (QED) is 0.870. The van der Waals surface area contributed by atoms with Crippen molar-refractivity contribution >= 4 is 38.9 Å². The minimum Gasteiger partial charge on any atom is -0.388 e. The molecule has 0 fully saturated rings. The molecule has 1 nitrogen and oxygen atoms in total. The summed E-state index contributed by atoms with van der Waals surface area (Å²) in [5, 5.41) is 12.0. The maximum absolute atomic E-state index is 13.2. The van der Waals surface area contributed by atoms with Crippen LogP contribution in [-0.2, 0) is 6.42 Å². The zero-order valence-electron chi connectivity index (χ0n) is 8.66. The molecule has 0 aliphatic rings. The number of benzene rings is 1. The lowest BCUT2D eigenvalue weighted by atomic mass is 10.1. The van der Waals surface area contributed by atoms with Gasteiger partial charge in [0.05, 0.1) is 11.1 Å². The maximum Gasteiger partial charge on any atom is 0.142 e. The van der Waals surface area contributed by atoms with E-state index in [9.17, 15) is 9.50 Å². The number of aliphatic hydroxyl groups excluding tert-OH is 1. The molecule has 1 unspecified atom stereocenters.